The van der Waals surface area contributed by atoms with Gasteiger partial charge >= 0.3 is 0 Å². The largest absolute Gasteiger partial charge is 0.493 e. The maximum absolute atomic E-state index is 12.5. The van der Waals surface area contributed by atoms with Gasteiger partial charge in [-0.15, -0.1) is 0 Å². The Labute approximate surface area is 166 Å². The Morgan fingerprint density at radius 2 is 2.07 bits per heavy atom. The first kappa shape index (κ1) is 18.5. The van der Waals surface area contributed by atoms with Gasteiger partial charge in [0.05, 0.1) is 24.6 Å². The fourth-order valence-corrected chi connectivity index (χ4v) is 3.09. The van der Waals surface area contributed by atoms with Crippen LogP contribution in [0.4, 0.5) is 0 Å². The Morgan fingerprint density at radius 1 is 1.24 bits per heavy atom. The summed E-state index contributed by atoms with van der Waals surface area (Å²) in [5.41, 5.74) is 1.01. The average Bonchev–Trinajstić information content (AvgIpc) is 3.15. The van der Waals surface area contributed by atoms with Crippen LogP contribution in [0.1, 0.15) is 11.6 Å². The van der Waals surface area contributed by atoms with Crippen LogP contribution in [0, 0.1) is 0 Å². The van der Waals surface area contributed by atoms with Crippen LogP contribution >= 0.6 is 0 Å². The van der Waals surface area contributed by atoms with E-state index in [9.17, 15) is 9.59 Å². The van der Waals surface area contributed by atoms with Gasteiger partial charge in [0.1, 0.15) is 11.6 Å². The fraction of sp³-hybridized carbons (Fsp3) is 0.136. The molecule has 7 heteroatoms. The lowest BCUT2D eigenvalue weighted by Gasteiger charge is -2.14. The number of carbonyl (C=O) groups excluding carboxylic acids is 1. The Morgan fingerprint density at radius 3 is 2.90 bits per heavy atom. The third-order valence-corrected chi connectivity index (χ3v) is 4.56. The molecule has 146 valence electrons. The second kappa shape index (κ2) is 7.63. The second-order valence-electron chi connectivity index (χ2n) is 6.58. The summed E-state index contributed by atoms with van der Waals surface area (Å²) >= 11 is 0. The Kier molecular flexibility index (Phi) is 4.87. The molecule has 0 saturated carbocycles. The maximum Gasteiger partial charge on any atom is 0.258 e. The van der Waals surface area contributed by atoms with Gasteiger partial charge in [0.2, 0.25) is 5.91 Å². The summed E-state index contributed by atoms with van der Waals surface area (Å²) in [7, 11) is 3.22. The van der Waals surface area contributed by atoms with Gasteiger partial charge in [-0.3, -0.25) is 9.59 Å². The van der Waals surface area contributed by atoms with Crippen LogP contribution < -0.4 is 10.3 Å². The molecular weight excluding hydrogens is 370 g/mol. The summed E-state index contributed by atoms with van der Waals surface area (Å²) in [6, 6.07) is 14.5. The fourth-order valence-electron chi connectivity index (χ4n) is 3.09. The summed E-state index contributed by atoms with van der Waals surface area (Å²) in [6.07, 6.45) is 3.03. The zero-order valence-electron chi connectivity index (χ0n) is 16.0. The van der Waals surface area contributed by atoms with Crippen molar-refractivity contribution in [3.05, 3.63) is 76.5 Å². The van der Waals surface area contributed by atoms with Gasteiger partial charge in [-0.1, -0.05) is 24.3 Å². The average molecular weight is 389 g/mol. The lowest BCUT2D eigenvalue weighted by atomic mass is 10.2. The number of benzene rings is 2. The number of carbonyl (C=O) groups is 1. The van der Waals surface area contributed by atoms with E-state index in [2.05, 4.69) is 9.97 Å². The molecule has 0 aliphatic rings. The van der Waals surface area contributed by atoms with Gasteiger partial charge in [-0.05, 0) is 30.3 Å². The number of nitrogens with one attached hydrogen (secondary N) is 1. The maximum atomic E-state index is 12.5. The summed E-state index contributed by atoms with van der Waals surface area (Å²) in [5, 5.41) is 1.41. The van der Waals surface area contributed by atoms with Crippen molar-refractivity contribution in [1.82, 2.24) is 14.9 Å². The standard InChI is InChI=1S/C22H19N3O4/c1-25(13-19-23-17-8-4-3-7-16(17)22(27)24-19)20(26)11-10-15-12-14-6-5-9-18(28-2)21(14)29-15/h3-12H,13H2,1-2H3,(H,23,24,27)/b11-10+. The third-order valence-electron chi connectivity index (χ3n) is 4.56. The molecule has 2 aromatic heterocycles. The highest BCUT2D eigenvalue weighted by molar-refractivity contribution is 5.92. The van der Waals surface area contributed by atoms with Crippen molar-refractivity contribution in [3.63, 3.8) is 0 Å². The van der Waals surface area contributed by atoms with Crippen molar-refractivity contribution < 1.29 is 13.9 Å². The van der Waals surface area contributed by atoms with Crippen molar-refractivity contribution in [1.29, 1.82) is 0 Å². The number of likely N-dealkylation sites (N-methyl/N-ethyl adjacent to an activating group) is 1. The van der Waals surface area contributed by atoms with Gasteiger partial charge in [-0.25, -0.2) is 4.98 Å². The molecule has 0 bridgehead atoms. The molecule has 0 fully saturated rings. The van der Waals surface area contributed by atoms with E-state index in [-0.39, 0.29) is 18.0 Å². The van der Waals surface area contributed by atoms with E-state index < -0.39 is 0 Å². The zero-order chi connectivity index (χ0) is 20.4. The number of hydrogen-bond acceptors (Lipinski definition) is 5. The predicted octanol–water partition coefficient (Wildman–Crippen LogP) is 3.35. The first-order valence-electron chi connectivity index (χ1n) is 9.03. The molecule has 29 heavy (non-hydrogen) atoms. The number of aromatic amines is 1. The number of ether oxygens (including phenoxy) is 1. The van der Waals surface area contributed by atoms with Crippen LogP contribution in [0.25, 0.3) is 27.9 Å². The van der Waals surface area contributed by atoms with Crippen LogP contribution in [-0.2, 0) is 11.3 Å². The quantitative estimate of drug-likeness (QED) is 0.529. The lowest BCUT2D eigenvalue weighted by Crippen LogP contribution is -2.26. The van der Waals surface area contributed by atoms with Gasteiger partial charge < -0.3 is 19.0 Å². The molecule has 0 aliphatic heterocycles. The molecule has 0 radical (unpaired) electrons. The first-order chi connectivity index (χ1) is 14.0. The number of methoxy groups -OCH3 is 1. The number of aromatic nitrogens is 2. The molecule has 2 heterocycles. The van der Waals surface area contributed by atoms with Crippen molar-refractivity contribution >= 4 is 33.9 Å². The van der Waals surface area contributed by atoms with E-state index in [0.29, 0.717) is 33.8 Å². The highest BCUT2D eigenvalue weighted by Gasteiger charge is 2.11. The summed E-state index contributed by atoms with van der Waals surface area (Å²) < 4.78 is 11.0. The zero-order valence-corrected chi connectivity index (χ0v) is 16.0. The van der Waals surface area contributed by atoms with Gasteiger partial charge in [0.25, 0.3) is 5.56 Å². The van der Waals surface area contributed by atoms with E-state index in [1.165, 1.54) is 11.0 Å². The Hall–Kier alpha value is -3.87. The molecule has 0 spiro atoms. The highest BCUT2D eigenvalue weighted by atomic mass is 16.5. The SMILES string of the molecule is COc1cccc2cc(/C=C/C(=O)N(C)Cc3nc4ccccc4c(=O)[nH]3)oc12. The Bertz CT molecular complexity index is 1290. The topological polar surface area (TPSA) is 88.4 Å². The molecule has 2 aromatic carbocycles. The van der Waals surface area contributed by atoms with Crippen LogP contribution in [0.5, 0.6) is 5.75 Å². The molecule has 1 N–H and O–H groups in total. The first-order valence-corrected chi connectivity index (χ1v) is 9.03. The van der Waals surface area contributed by atoms with E-state index in [1.54, 1.807) is 38.4 Å². The number of hydrogen-bond donors (Lipinski definition) is 1. The van der Waals surface area contributed by atoms with Crippen molar-refractivity contribution in [3.8, 4) is 5.75 Å². The highest BCUT2D eigenvalue weighted by Crippen LogP contribution is 2.28. The lowest BCUT2D eigenvalue weighted by molar-refractivity contribution is -0.125. The number of nitrogens with zero attached hydrogens (tertiary/aromatic N) is 2. The third kappa shape index (κ3) is 3.75. The van der Waals surface area contributed by atoms with Crippen molar-refractivity contribution in [2.45, 2.75) is 6.54 Å². The van der Waals surface area contributed by atoms with Gasteiger partial charge in [-0.2, -0.15) is 0 Å². The van der Waals surface area contributed by atoms with Crippen LogP contribution in [0.15, 0.2) is 63.8 Å². The Balaban J connectivity index is 1.50. The molecule has 0 aliphatic carbocycles. The number of furan rings is 1. The van der Waals surface area contributed by atoms with Crippen LogP contribution in [0.2, 0.25) is 0 Å². The molecule has 0 atom stereocenters. The molecule has 0 saturated heterocycles. The van der Waals surface area contributed by atoms with E-state index >= 15 is 0 Å². The molecule has 4 aromatic rings. The van der Waals surface area contributed by atoms with Gasteiger partial charge in [0.15, 0.2) is 11.3 Å². The molecule has 0 unspecified atom stereocenters. The van der Waals surface area contributed by atoms with Gasteiger partial charge in [0, 0.05) is 18.5 Å². The number of para-hydroxylation sites is 2. The smallest absolute Gasteiger partial charge is 0.258 e. The minimum Gasteiger partial charge on any atom is -0.493 e. The normalized spacial score (nSPS) is 11.4. The minimum atomic E-state index is -0.242. The van der Waals surface area contributed by atoms with E-state index in [4.69, 9.17) is 9.15 Å². The minimum absolute atomic E-state index is 0.178. The molecular formula is C22H19N3O4. The van der Waals surface area contributed by atoms with E-state index in [0.717, 1.165) is 5.39 Å². The van der Waals surface area contributed by atoms with Crippen molar-refractivity contribution in [2.75, 3.05) is 14.2 Å². The van der Waals surface area contributed by atoms with Crippen molar-refractivity contribution in [2.24, 2.45) is 0 Å². The number of fused-ring (bicyclic) bond motifs is 2. The molecule has 4 rings (SSSR count). The summed E-state index contributed by atoms with van der Waals surface area (Å²) in [6.45, 7) is 0.178. The number of H-pyrrole nitrogens is 1. The number of rotatable bonds is 5. The number of amides is 1. The summed E-state index contributed by atoms with van der Waals surface area (Å²) in [5.74, 6) is 1.36. The summed E-state index contributed by atoms with van der Waals surface area (Å²) in [4.78, 5) is 33.2. The van der Waals surface area contributed by atoms with Crippen LogP contribution in [0.3, 0.4) is 0 Å². The van der Waals surface area contributed by atoms with E-state index in [1.807, 2.05) is 30.3 Å². The predicted molar refractivity (Wildman–Crippen MR) is 111 cm³/mol. The molecule has 7 nitrogen and oxygen atoms in total. The molecule has 1 amide bonds. The monoisotopic (exact) mass is 389 g/mol. The second-order valence-corrected chi connectivity index (χ2v) is 6.58. The van der Waals surface area contributed by atoms with Crippen LogP contribution in [-0.4, -0.2) is 34.9 Å².